The summed E-state index contributed by atoms with van der Waals surface area (Å²) in [6, 6.07) is 7.46. The molecule has 1 aromatic heterocycles. The third-order valence-electron chi connectivity index (χ3n) is 4.44. The molecule has 6 nitrogen and oxygen atoms in total. The van der Waals surface area contributed by atoms with Crippen molar-refractivity contribution in [2.75, 3.05) is 18.4 Å². The van der Waals surface area contributed by atoms with Crippen LogP contribution in [0.2, 0.25) is 0 Å². The fraction of sp³-hybridized carbons (Fsp3) is 0.471. The SMILES string of the molecule is CC(CC(=O)Nc1ccc(-c2ncon2)cc1)C1CCCNC1.Cl. The summed E-state index contributed by atoms with van der Waals surface area (Å²) in [6.07, 6.45) is 4.26. The predicted octanol–water partition coefficient (Wildman–Crippen LogP) is 3.12. The Bertz CT molecular complexity index is 625. The molecule has 1 aliphatic rings. The lowest BCUT2D eigenvalue weighted by atomic mass is 9.85. The Hall–Kier alpha value is -1.92. The first kappa shape index (κ1) is 18.4. The number of halogens is 1. The van der Waals surface area contributed by atoms with E-state index in [2.05, 4.69) is 27.7 Å². The summed E-state index contributed by atoms with van der Waals surface area (Å²) in [5.74, 6) is 1.59. The van der Waals surface area contributed by atoms with Crippen LogP contribution in [0.25, 0.3) is 11.4 Å². The molecule has 1 fully saturated rings. The van der Waals surface area contributed by atoms with E-state index in [1.54, 1.807) is 0 Å². The molecule has 2 atom stereocenters. The van der Waals surface area contributed by atoms with Crippen LogP contribution in [0.15, 0.2) is 35.2 Å². The van der Waals surface area contributed by atoms with Crippen LogP contribution in [-0.2, 0) is 4.79 Å². The van der Waals surface area contributed by atoms with Gasteiger partial charge in [0, 0.05) is 17.7 Å². The number of hydrogen-bond acceptors (Lipinski definition) is 5. The van der Waals surface area contributed by atoms with Crippen LogP contribution in [0.1, 0.15) is 26.2 Å². The molecule has 2 unspecified atom stereocenters. The molecule has 2 heterocycles. The average Bonchev–Trinajstić information content (AvgIpc) is 3.11. The lowest BCUT2D eigenvalue weighted by molar-refractivity contribution is -0.117. The Kier molecular flexibility index (Phi) is 6.75. The quantitative estimate of drug-likeness (QED) is 0.866. The highest BCUT2D eigenvalue weighted by molar-refractivity contribution is 5.91. The minimum atomic E-state index is 0. The highest BCUT2D eigenvalue weighted by atomic mass is 35.5. The first-order chi connectivity index (χ1) is 11.2. The van der Waals surface area contributed by atoms with Gasteiger partial charge in [-0.25, -0.2) is 0 Å². The molecule has 2 aromatic rings. The second kappa shape index (κ2) is 8.80. The molecule has 3 rings (SSSR count). The van der Waals surface area contributed by atoms with Crippen molar-refractivity contribution in [1.29, 1.82) is 0 Å². The maximum atomic E-state index is 12.2. The van der Waals surface area contributed by atoms with E-state index in [1.807, 2.05) is 24.3 Å². The van der Waals surface area contributed by atoms with Crippen molar-refractivity contribution in [2.45, 2.75) is 26.2 Å². The van der Waals surface area contributed by atoms with Crippen LogP contribution >= 0.6 is 12.4 Å². The Morgan fingerprint density at radius 2 is 2.21 bits per heavy atom. The van der Waals surface area contributed by atoms with Gasteiger partial charge in [0.25, 0.3) is 0 Å². The second-order valence-corrected chi connectivity index (χ2v) is 6.17. The maximum absolute atomic E-state index is 12.2. The first-order valence-electron chi connectivity index (χ1n) is 8.10. The highest BCUT2D eigenvalue weighted by Crippen LogP contribution is 2.23. The van der Waals surface area contributed by atoms with E-state index < -0.39 is 0 Å². The van der Waals surface area contributed by atoms with Gasteiger partial charge in [-0.2, -0.15) is 4.98 Å². The van der Waals surface area contributed by atoms with E-state index in [1.165, 1.54) is 19.2 Å². The summed E-state index contributed by atoms with van der Waals surface area (Å²) in [5, 5.41) is 10.2. The molecule has 1 aromatic carbocycles. The van der Waals surface area contributed by atoms with Gasteiger partial charge in [-0.15, -0.1) is 12.4 Å². The number of aromatic nitrogens is 2. The van der Waals surface area contributed by atoms with E-state index in [4.69, 9.17) is 4.52 Å². The van der Waals surface area contributed by atoms with E-state index in [0.29, 0.717) is 24.1 Å². The zero-order chi connectivity index (χ0) is 16.1. The summed E-state index contributed by atoms with van der Waals surface area (Å²) >= 11 is 0. The number of anilines is 1. The molecule has 1 aliphatic heterocycles. The van der Waals surface area contributed by atoms with Crippen LogP contribution in [0.5, 0.6) is 0 Å². The van der Waals surface area contributed by atoms with Gasteiger partial charge in [-0.3, -0.25) is 4.79 Å². The Morgan fingerprint density at radius 1 is 1.42 bits per heavy atom. The first-order valence-corrected chi connectivity index (χ1v) is 8.10. The zero-order valence-electron chi connectivity index (χ0n) is 13.7. The Morgan fingerprint density at radius 3 is 2.83 bits per heavy atom. The van der Waals surface area contributed by atoms with Gasteiger partial charge in [0.05, 0.1) is 0 Å². The van der Waals surface area contributed by atoms with Crippen molar-refractivity contribution in [3.63, 3.8) is 0 Å². The van der Waals surface area contributed by atoms with Gasteiger partial charge in [0.1, 0.15) is 0 Å². The number of rotatable bonds is 5. The van der Waals surface area contributed by atoms with Crippen molar-refractivity contribution < 1.29 is 9.32 Å². The standard InChI is InChI=1S/C17H22N4O2.ClH/c1-12(14-3-2-8-18-10-14)9-16(22)20-15-6-4-13(5-7-15)17-19-11-23-21-17;/h4-7,11-12,14,18H,2-3,8-10H2,1H3,(H,20,22);1H. The molecule has 0 bridgehead atoms. The smallest absolute Gasteiger partial charge is 0.224 e. The number of carbonyl (C=O) groups is 1. The monoisotopic (exact) mass is 350 g/mol. The molecule has 0 radical (unpaired) electrons. The van der Waals surface area contributed by atoms with Crippen LogP contribution < -0.4 is 10.6 Å². The minimum absolute atomic E-state index is 0. The lowest BCUT2D eigenvalue weighted by Gasteiger charge is -2.28. The zero-order valence-corrected chi connectivity index (χ0v) is 14.5. The van der Waals surface area contributed by atoms with Gasteiger partial charge >= 0.3 is 0 Å². The summed E-state index contributed by atoms with van der Waals surface area (Å²) in [6.45, 7) is 4.28. The summed E-state index contributed by atoms with van der Waals surface area (Å²) in [5.41, 5.74) is 1.65. The van der Waals surface area contributed by atoms with E-state index in [-0.39, 0.29) is 18.3 Å². The third kappa shape index (κ3) is 4.79. The van der Waals surface area contributed by atoms with Crippen molar-refractivity contribution in [3.8, 4) is 11.4 Å². The third-order valence-corrected chi connectivity index (χ3v) is 4.44. The molecule has 24 heavy (non-hydrogen) atoms. The highest BCUT2D eigenvalue weighted by Gasteiger charge is 2.22. The van der Waals surface area contributed by atoms with Gasteiger partial charge < -0.3 is 15.2 Å². The van der Waals surface area contributed by atoms with Gasteiger partial charge in [-0.1, -0.05) is 12.1 Å². The van der Waals surface area contributed by atoms with Crippen molar-refractivity contribution in [1.82, 2.24) is 15.5 Å². The Labute approximate surface area is 147 Å². The molecule has 2 N–H and O–H groups in total. The summed E-state index contributed by atoms with van der Waals surface area (Å²) < 4.78 is 4.73. The number of amides is 1. The van der Waals surface area contributed by atoms with Gasteiger partial charge in [-0.05, 0) is 62.0 Å². The Balaban J connectivity index is 0.00000208. The molecule has 0 saturated carbocycles. The fourth-order valence-corrected chi connectivity index (χ4v) is 3.04. The normalized spacial score (nSPS) is 18.5. The number of carbonyl (C=O) groups excluding carboxylic acids is 1. The molecule has 130 valence electrons. The molecule has 1 saturated heterocycles. The van der Waals surface area contributed by atoms with Crippen molar-refractivity contribution >= 4 is 24.0 Å². The summed E-state index contributed by atoms with van der Waals surface area (Å²) in [7, 11) is 0. The molecule has 7 heteroatoms. The van der Waals surface area contributed by atoms with E-state index >= 15 is 0 Å². The minimum Gasteiger partial charge on any atom is -0.342 e. The molecule has 0 aliphatic carbocycles. The van der Waals surface area contributed by atoms with Crippen LogP contribution in [0.3, 0.4) is 0 Å². The molecule has 1 amide bonds. The number of hydrogen-bond donors (Lipinski definition) is 2. The summed E-state index contributed by atoms with van der Waals surface area (Å²) in [4.78, 5) is 16.2. The van der Waals surface area contributed by atoms with Crippen molar-refractivity contribution in [2.24, 2.45) is 11.8 Å². The topological polar surface area (TPSA) is 80.1 Å². The average molecular weight is 351 g/mol. The molecular formula is C17H23ClN4O2. The number of benzene rings is 1. The van der Waals surface area contributed by atoms with E-state index in [0.717, 1.165) is 24.3 Å². The van der Waals surface area contributed by atoms with Crippen LogP contribution in [0.4, 0.5) is 5.69 Å². The van der Waals surface area contributed by atoms with Gasteiger partial charge in [0.15, 0.2) is 0 Å². The number of nitrogens with one attached hydrogen (secondary N) is 2. The van der Waals surface area contributed by atoms with Gasteiger partial charge in [0.2, 0.25) is 18.1 Å². The second-order valence-electron chi connectivity index (χ2n) is 6.17. The fourth-order valence-electron chi connectivity index (χ4n) is 3.04. The number of nitrogens with zero attached hydrogens (tertiary/aromatic N) is 2. The van der Waals surface area contributed by atoms with Crippen LogP contribution in [-0.4, -0.2) is 29.1 Å². The van der Waals surface area contributed by atoms with Crippen molar-refractivity contribution in [3.05, 3.63) is 30.7 Å². The largest absolute Gasteiger partial charge is 0.342 e. The van der Waals surface area contributed by atoms with E-state index in [9.17, 15) is 4.79 Å². The number of piperidine rings is 1. The lowest BCUT2D eigenvalue weighted by Crippen LogP contribution is -2.34. The predicted molar refractivity (Wildman–Crippen MR) is 95.0 cm³/mol. The molecular weight excluding hydrogens is 328 g/mol. The maximum Gasteiger partial charge on any atom is 0.224 e. The van der Waals surface area contributed by atoms with Crippen LogP contribution in [0, 0.1) is 11.8 Å². The molecule has 0 spiro atoms.